The van der Waals surface area contributed by atoms with E-state index < -0.39 is 11.5 Å². The van der Waals surface area contributed by atoms with Gasteiger partial charge in [0.1, 0.15) is 0 Å². The molecule has 0 saturated carbocycles. The minimum Gasteiger partial charge on any atom is -0.493 e. The van der Waals surface area contributed by atoms with Crippen molar-refractivity contribution in [2.45, 2.75) is 19.9 Å². The van der Waals surface area contributed by atoms with Gasteiger partial charge in [-0.15, -0.1) is 0 Å². The van der Waals surface area contributed by atoms with Gasteiger partial charge in [-0.3, -0.25) is 4.79 Å². The van der Waals surface area contributed by atoms with Gasteiger partial charge in [0.25, 0.3) is 0 Å². The van der Waals surface area contributed by atoms with Crippen molar-refractivity contribution in [2.75, 3.05) is 28.4 Å². The molecule has 1 aromatic rings. The van der Waals surface area contributed by atoms with Gasteiger partial charge in [-0.25, -0.2) is 0 Å². The fourth-order valence-corrected chi connectivity index (χ4v) is 2.09. The number of benzene rings is 1. The third-order valence-corrected chi connectivity index (χ3v) is 3.54. The Morgan fingerprint density at radius 1 is 1.05 bits per heavy atom. The van der Waals surface area contributed by atoms with Crippen molar-refractivity contribution in [3.8, 4) is 17.2 Å². The van der Waals surface area contributed by atoms with Crippen LogP contribution in [0.5, 0.6) is 17.2 Å². The van der Waals surface area contributed by atoms with Crippen LogP contribution in [0.4, 0.5) is 0 Å². The van der Waals surface area contributed by atoms with Crippen molar-refractivity contribution in [3.63, 3.8) is 0 Å². The van der Waals surface area contributed by atoms with Crippen molar-refractivity contribution in [3.05, 3.63) is 17.7 Å². The molecule has 118 valence electrons. The van der Waals surface area contributed by atoms with E-state index in [9.17, 15) is 4.79 Å². The lowest BCUT2D eigenvalue weighted by Crippen LogP contribution is -2.37. The maximum absolute atomic E-state index is 11.9. The Kier molecular flexibility index (Phi) is 5.43. The van der Waals surface area contributed by atoms with E-state index in [1.807, 2.05) is 0 Å². The topological polar surface area (TPSA) is 80.0 Å². The average Bonchev–Trinajstić information content (AvgIpc) is 2.51. The molecule has 0 heterocycles. The SMILES string of the molecule is COC(=O)C(C)(C)[C@H](N)c1cc(OC)c(OC)c(OC)c1. The first-order valence-electron chi connectivity index (χ1n) is 6.47. The number of rotatable bonds is 6. The highest BCUT2D eigenvalue weighted by atomic mass is 16.5. The average molecular weight is 297 g/mol. The zero-order chi connectivity index (χ0) is 16.2. The lowest BCUT2D eigenvalue weighted by Gasteiger charge is -2.29. The van der Waals surface area contributed by atoms with Crippen molar-refractivity contribution in [2.24, 2.45) is 11.1 Å². The molecule has 0 aliphatic carbocycles. The number of carbonyl (C=O) groups excluding carboxylic acids is 1. The number of nitrogens with two attached hydrogens (primary N) is 1. The van der Waals surface area contributed by atoms with Gasteiger partial charge in [-0.2, -0.15) is 0 Å². The predicted molar refractivity (Wildman–Crippen MR) is 78.8 cm³/mol. The highest BCUT2D eigenvalue weighted by molar-refractivity contribution is 5.77. The molecule has 6 heteroatoms. The van der Waals surface area contributed by atoms with Gasteiger partial charge in [-0.05, 0) is 31.5 Å². The van der Waals surface area contributed by atoms with E-state index in [2.05, 4.69) is 0 Å². The molecule has 0 radical (unpaired) electrons. The second-order valence-electron chi connectivity index (χ2n) is 5.15. The van der Waals surface area contributed by atoms with Gasteiger partial charge >= 0.3 is 5.97 Å². The molecule has 0 aromatic heterocycles. The highest BCUT2D eigenvalue weighted by Crippen LogP contribution is 2.42. The van der Waals surface area contributed by atoms with Gasteiger partial charge in [0.2, 0.25) is 5.75 Å². The molecule has 0 bridgehead atoms. The molecule has 0 saturated heterocycles. The number of esters is 1. The van der Waals surface area contributed by atoms with E-state index in [1.54, 1.807) is 26.0 Å². The molecule has 1 rings (SSSR count). The molecular formula is C15H23NO5. The number of hydrogen-bond donors (Lipinski definition) is 1. The number of carbonyl (C=O) groups is 1. The third kappa shape index (κ3) is 3.21. The maximum atomic E-state index is 11.9. The smallest absolute Gasteiger partial charge is 0.313 e. The Hall–Kier alpha value is -1.95. The first-order valence-corrected chi connectivity index (χ1v) is 6.47. The monoisotopic (exact) mass is 297 g/mol. The standard InChI is InChI=1S/C15H23NO5/c1-15(2,14(17)21-6)13(16)9-7-10(18-3)12(20-5)11(8-9)19-4/h7-8,13H,16H2,1-6H3/t13-/m1/s1. The van der Waals surface area contributed by atoms with Crippen LogP contribution in [0.2, 0.25) is 0 Å². The Labute approximate surface area is 125 Å². The van der Waals surface area contributed by atoms with Crippen LogP contribution in [0.1, 0.15) is 25.5 Å². The minimum absolute atomic E-state index is 0.385. The second kappa shape index (κ2) is 6.67. The van der Waals surface area contributed by atoms with Crippen molar-refractivity contribution in [1.29, 1.82) is 0 Å². The largest absolute Gasteiger partial charge is 0.493 e. The normalized spacial score (nSPS) is 12.5. The molecule has 1 aromatic carbocycles. The number of ether oxygens (including phenoxy) is 4. The lowest BCUT2D eigenvalue weighted by atomic mass is 9.81. The molecular weight excluding hydrogens is 274 g/mol. The summed E-state index contributed by atoms with van der Waals surface area (Å²) in [6.45, 7) is 3.46. The first-order chi connectivity index (χ1) is 9.83. The molecule has 0 aliphatic rings. The summed E-state index contributed by atoms with van der Waals surface area (Å²) in [7, 11) is 5.92. The highest BCUT2D eigenvalue weighted by Gasteiger charge is 2.37. The number of methoxy groups -OCH3 is 4. The Bertz CT molecular complexity index is 488. The van der Waals surface area contributed by atoms with Crippen LogP contribution >= 0.6 is 0 Å². The molecule has 0 amide bonds. The zero-order valence-corrected chi connectivity index (χ0v) is 13.4. The second-order valence-corrected chi connectivity index (χ2v) is 5.15. The molecule has 0 fully saturated rings. The predicted octanol–water partition coefficient (Wildman–Crippen LogP) is 1.91. The lowest BCUT2D eigenvalue weighted by molar-refractivity contribution is -0.152. The Morgan fingerprint density at radius 2 is 1.52 bits per heavy atom. The van der Waals surface area contributed by atoms with Crippen molar-refractivity contribution >= 4 is 5.97 Å². The summed E-state index contributed by atoms with van der Waals surface area (Å²) in [5.74, 6) is 1.07. The van der Waals surface area contributed by atoms with E-state index in [4.69, 9.17) is 24.7 Å². The molecule has 0 aliphatic heterocycles. The molecule has 1 atom stereocenters. The fourth-order valence-electron chi connectivity index (χ4n) is 2.09. The summed E-state index contributed by atoms with van der Waals surface area (Å²) in [5.41, 5.74) is 6.04. The van der Waals surface area contributed by atoms with E-state index >= 15 is 0 Å². The van der Waals surface area contributed by atoms with E-state index in [0.717, 1.165) is 0 Å². The van der Waals surface area contributed by atoms with Crippen LogP contribution in [-0.4, -0.2) is 34.4 Å². The van der Waals surface area contributed by atoms with Crippen molar-refractivity contribution < 1.29 is 23.7 Å². The summed E-state index contributed by atoms with van der Waals surface area (Å²) >= 11 is 0. The summed E-state index contributed by atoms with van der Waals surface area (Å²) in [6, 6.07) is 2.88. The van der Waals surface area contributed by atoms with Crippen LogP contribution in [-0.2, 0) is 9.53 Å². The van der Waals surface area contributed by atoms with Crippen LogP contribution in [0.25, 0.3) is 0 Å². The summed E-state index contributed by atoms with van der Waals surface area (Å²) < 4.78 is 20.7. The van der Waals surface area contributed by atoms with Gasteiger partial charge in [0, 0.05) is 6.04 Å². The summed E-state index contributed by atoms with van der Waals surface area (Å²) in [5, 5.41) is 0. The minimum atomic E-state index is -0.890. The van der Waals surface area contributed by atoms with E-state index in [0.29, 0.717) is 22.8 Å². The van der Waals surface area contributed by atoms with Crippen molar-refractivity contribution in [1.82, 2.24) is 0 Å². The molecule has 0 spiro atoms. The first kappa shape index (κ1) is 17.1. The van der Waals surface area contributed by atoms with Gasteiger partial charge in [-0.1, -0.05) is 0 Å². The van der Waals surface area contributed by atoms with E-state index in [-0.39, 0.29) is 5.97 Å². The summed E-state index contributed by atoms with van der Waals surface area (Å²) in [6.07, 6.45) is 0. The molecule has 21 heavy (non-hydrogen) atoms. The molecule has 2 N–H and O–H groups in total. The maximum Gasteiger partial charge on any atom is 0.313 e. The third-order valence-electron chi connectivity index (χ3n) is 3.54. The van der Waals surface area contributed by atoms with Crippen LogP contribution in [0.3, 0.4) is 0 Å². The summed E-state index contributed by atoms with van der Waals surface area (Å²) in [4.78, 5) is 11.9. The van der Waals surface area contributed by atoms with E-state index in [1.165, 1.54) is 28.4 Å². The van der Waals surface area contributed by atoms with Gasteiger partial charge in [0.05, 0.1) is 33.9 Å². The zero-order valence-electron chi connectivity index (χ0n) is 13.4. The van der Waals surface area contributed by atoms with Gasteiger partial charge in [0.15, 0.2) is 11.5 Å². The van der Waals surface area contributed by atoms with Crippen LogP contribution < -0.4 is 19.9 Å². The molecule has 0 unspecified atom stereocenters. The Balaban J connectivity index is 3.34. The quantitative estimate of drug-likeness (QED) is 0.808. The number of hydrogen-bond acceptors (Lipinski definition) is 6. The fraction of sp³-hybridized carbons (Fsp3) is 0.533. The van der Waals surface area contributed by atoms with Crippen LogP contribution in [0.15, 0.2) is 12.1 Å². The van der Waals surface area contributed by atoms with Crippen LogP contribution in [0, 0.1) is 5.41 Å². The van der Waals surface area contributed by atoms with Gasteiger partial charge < -0.3 is 24.7 Å². The Morgan fingerprint density at radius 3 is 1.86 bits per heavy atom. The molecule has 6 nitrogen and oxygen atoms in total.